The van der Waals surface area contributed by atoms with E-state index in [1.807, 2.05) is 17.3 Å². The van der Waals surface area contributed by atoms with Crippen molar-refractivity contribution in [3.8, 4) is 0 Å². The first-order valence-electron chi connectivity index (χ1n) is 6.79. The number of hydrogen-bond donors (Lipinski definition) is 2. The fraction of sp³-hybridized carbons (Fsp3) is 0.714. The number of aliphatic hydroxyl groups excluding tert-OH is 1. The number of rotatable bonds is 8. The van der Waals surface area contributed by atoms with Gasteiger partial charge in [-0.3, -0.25) is 0 Å². The van der Waals surface area contributed by atoms with E-state index in [0.29, 0.717) is 0 Å². The highest BCUT2D eigenvalue weighted by molar-refractivity contribution is 4.94. The Morgan fingerprint density at radius 1 is 1.35 bits per heavy atom. The van der Waals surface area contributed by atoms with E-state index in [1.165, 1.54) is 32.1 Å². The molecule has 2 N–H and O–H groups in total. The Balaban J connectivity index is 2.07. The average Bonchev–Trinajstić information content (AvgIpc) is 2.76. The number of allylic oxidation sites excluding steroid dienone is 2. The molecule has 3 nitrogen and oxygen atoms in total. The highest BCUT2D eigenvalue weighted by Crippen LogP contribution is 2.14. The van der Waals surface area contributed by atoms with Crippen molar-refractivity contribution in [2.45, 2.75) is 64.8 Å². The molecule has 1 aliphatic heterocycles. The molecule has 0 aromatic heterocycles. The van der Waals surface area contributed by atoms with Crippen LogP contribution in [0.3, 0.4) is 0 Å². The summed E-state index contributed by atoms with van der Waals surface area (Å²) in [5.74, 6) is 0. The smallest absolute Gasteiger partial charge is 0.125 e. The van der Waals surface area contributed by atoms with Crippen LogP contribution in [0.5, 0.6) is 0 Å². The molecule has 0 bridgehead atoms. The summed E-state index contributed by atoms with van der Waals surface area (Å²) < 4.78 is 0. The van der Waals surface area contributed by atoms with E-state index in [9.17, 15) is 5.11 Å². The van der Waals surface area contributed by atoms with Crippen molar-refractivity contribution in [3.63, 3.8) is 0 Å². The van der Waals surface area contributed by atoms with Gasteiger partial charge in [0.15, 0.2) is 0 Å². The van der Waals surface area contributed by atoms with Gasteiger partial charge < -0.3 is 15.3 Å². The molecule has 0 fully saturated rings. The Morgan fingerprint density at radius 2 is 2.12 bits per heavy atom. The van der Waals surface area contributed by atoms with Crippen molar-refractivity contribution in [2.24, 2.45) is 0 Å². The van der Waals surface area contributed by atoms with Gasteiger partial charge in [0.25, 0.3) is 0 Å². The molecule has 0 aromatic carbocycles. The van der Waals surface area contributed by atoms with Crippen molar-refractivity contribution in [1.82, 2.24) is 10.2 Å². The van der Waals surface area contributed by atoms with Crippen LogP contribution in [0.4, 0.5) is 0 Å². The van der Waals surface area contributed by atoms with Crippen LogP contribution in [0.1, 0.15) is 52.4 Å². The van der Waals surface area contributed by atoms with Gasteiger partial charge in [0.05, 0.1) is 0 Å². The van der Waals surface area contributed by atoms with Gasteiger partial charge in [-0.25, -0.2) is 0 Å². The number of nitrogens with one attached hydrogen (secondary N) is 1. The largest absolute Gasteiger partial charge is 0.374 e. The maximum atomic E-state index is 9.55. The first kappa shape index (κ1) is 14.1. The van der Waals surface area contributed by atoms with Crippen LogP contribution in [0.25, 0.3) is 0 Å². The van der Waals surface area contributed by atoms with E-state index in [4.69, 9.17) is 0 Å². The molecule has 1 heterocycles. The summed E-state index contributed by atoms with van der Waals surface area (Å²) in [5, 5.41) is 12.8. The minimum atomic E-state index is -0.407. The topological polar surface area (TPSA) is 35.5 Å². The predicted octanol–water partition coefficient (Wildman–Crippen LogP) is 2.94. The van der Waals surface area contributed by atoms with E-state index >= 15 is 0 Å². The van der Waals surface area contributed by atoms with Gasteiger partial charge in [0.2, 0.25) is 0 Å². The molecule has 0 aliphatic carbocycles. The molecule has 1 aliphatic rings. The summed E-state index contributed by atoms with van der Waals surface area (Å²) in [4.78, 5) is 1.97. The summed E-state index contributed by atoms with van der Waals surface area (Å²) in [6, 6.07) is 0. The Bertz CT molecular complexity index is 249. The lowest BCUT2D eigenvalue weighted by Crippen LogP contribution is -2.40. The Labute approximate surface area is 105 Å². The molecule has 3 heteroatoms. The van der Waals surface area contributed by atoms with E-state index in [2.05, 4.69) is 24.4 Å². The number of unbranched alkanes of at least 4 members (excludes halogenated alkanes) is 3. The van der Waals surface area contributed by atoms with Crippen molar-refractivity contribution in [3.05, 3.63) is 24.6 Å². The fourth-order valence-electron chi connectivity index (χ4n) is 2.05. The van der Waals surface area contributed by atoms with Crippen LogP contribution in [-0.2, 0) is 0 Å². The molecule has 0 spiro atoms. The van der Waals surface area contributed by atoms with Gasteiger partial charge in [0.1, 0.15) is 12.4 Å². The zero-order valence-electron chi connectivity index (χ0n) is 11.1. The van der Waals surface area contributed by atoms with Crippen LogP contribution in [0, 0.1) is 0 Å². The van der Waals surface area contributed by atoms with E-state index in [0.717, 1.165) is 6.42 Å². The molecule has 0 radical (unpaired) electrons. The summed E-state index contributed by atoms with van der Waals surface area (Å²) in [5.41, 5.74) is 0. The lowest BCUT2D eigenvalue weighted by molar-refractivity contribution is 0.0255. The molecular weight excluding hydrogens is 212 g/mol. The summed E-state index contributed by atoms with van der Waals surface area (Å²) in [7, 11) is 0. The Kier molecular flexibility index (Phi) is 6.78. The molecule has 0 saturated heterocycles. The zero-order valence-corrected chi connectivity index (χ0v) is 11.1. The van der Waals surface area contributed by atoms with Gasteiger partial charge in [-0.2, -0.15) is 0 Å². The molecule has 0 saturated carbocycles. The first-order valence-corrected chi connectivity index (χ1v) is 6.79. The van der Waals surface area contributed by atoms with Crippen molar-refractivity contribution >= 4 is 0 Å². The average molecular weight is 238 g/mol. The van der Waals surface area contributed by atoms with Crippen LogP contribution < -0.4 is 5.32 Å². The van der Waals surface area contributed by atoms with Crippen LogP contribution >= 0.6 is 0 Å². The fourth-order valence-corrected chi connectivity index (χ4v) is 2.05. The highest BCUT2D eigenvalue weighted by atomic mass is 16.3. The first-order chi connectivity index (χ1) is 8.25. The van der Waals surface area contributed by atoms with Gasteiger partial charge in [-0.15, -0.1) is 0 Å². The quantitative estimate of drug-likeness (QED) is 0.504. The van der Waals surface area contributed by atoms with Gasteiger partial charge in [0, 0.05) is 12.4 Å². The molecule has 98 valence electrons. The van der Waals surface area contributed by atoms with Crippen LogP contribution in [-0.4, -0.2) is 22.4 Å². The maximum absolute atomic E-state index is 9.55. The molecule has 2 unspecified atom stereocenters. The third-order valence-corrected chi connectivity index (χ3v) is 3.05. The van der Waals surface area contributed by atoms with Gasteiger partial charge >= 0.3 is 0 Å². The maximum Gasteiger partial charge on any atom is 0.125 e. The highest BCUT2D eigenvalue weighted by Gasteiger charge is 2.20. The summed E-state index contributed by atoms with van der Waals surface area (Å²) >= 11 is 0. The van der Waals surface area contributed by atoms with E-state index in [1.54, 1.807) is 6.92 Å². The van der Waals surface area contributed by atoms with Gasteiger partial charge in [-0.1, -0.05) is 25.5 Å². The molecule has 17 heavy (non-hydrogen) atoms. The zero-order chi connectivity index (χ0) is 12.5. The predicted molar refractivity (Wildman–Crippen MR) is 72.1 cm³/mol. The Hall–Kier alpha value is -0.960. The van der Waals surface area contributed by atoms with E-state index in [-0.39, 0.29) is 6.17 Å². The SMILES string of the molecule is CCC/C=C/CCCCC1NC=CN1C(C)O. The third-order valence-electron chi connectivity index (χ3n) is 3.05. The monoisotopic (exact) mass is 238 g/mol. The summed E-state index contributed by atoms with van der Waals surface area (Å²) in [6.07, 6.45) is 15.4. The van der Waals surface area contributed by atoms with Gasteiger partial charge in [-0.05, 0) is 39.0 Å². The second kappa shape index (κ2) is 8.18. The van der Waals surface area contributed by atoms with Crippen molar-refractivity contribution in [2.75, 3.05) is 0 Å². The summed E-state index contributed by atoms with van der Waals surface area (Å²) in [6.45, 7) is 4.01. The van der Waals surface area contributed by atoms with Crippen LogP contribution in [0.2, 0.25) is 0 Å². The second-order valence-corrected chi connectivity index (χ2v) is 4.62. The molecule has 1 rings (SSSR count). The third kappa shape index (κ3) is 5.26. The van der Waals surface area contributed by atoms with Crippen molar-refractivity contribution in [1.29, 1.82) is 0 Å². The molecule has 2 atom stereocenters. The van der Waals surface area contributed by atoms with Crippen LogP contribution in [0.15, 0.2) is 24.6 Å². The number of nitrogens with zero attached hydrogens (tertiary/aromatic N) is 1. The molecular formula is C14H26N2O. The minimum absolute atomic E-state index is 0.273. The van der Waals surface area contributed by atoms with Crippen molar-refractivity contribution < 1.29 is 5.11 Å². The molecule has 0 amide bonds. The standard InChI is InChI=1S/C14H26N2O/c1-3-4-5-6-7-8-9-10-14-15-11-12-16(14)13(2)17/h5-6,11-15,17H,3-4,7-10H2,1-2H3/b6-5+. The van der Waals surface area contributed by atoms with E-state index < -0.39 is 6.23 Å². The normalized spacial score (nSPS) is 21.1. The lowest BCUT2D eigenvalue weighted by Gasteiger charge is -2.28. The number of hydrogen-bond acceptors (Lipinski definition) is 3. The second-order valence-electron chi connectivity index (χ2n) is 4.62. The Morgan fingerprint density at radius 3 is 2.82 bits per heavy atom. The minimum Gasteiger partial charge on any atom is -0.374 e. The lowest BCUT2D eigenvalue weighted by atomic mass is 10.1. The molecule has 0 aromatic rings. The number of aliphatic hydroxyl groups is 1.